The van der Waals surface area contributed by atoms with Crippen LogP contribution in [0, 0.1) is 0 Å². The van der Waals surface area contributed by atoms with E-state index in [0.717, 1.165) is 31.4 Å². The topological polar surface area (TPSA) is 24.9 Å². The first-order valence-electron chi connectivity index (χ1n) is 10.7. The Morgan fingerprint density at radius 3 is 2.46 bits per heavy atom. The monoisotopic (exact) mass is 372 g/mol. The maximum Gasteiger partial charge on any atom is 0.0767 e. The molecule has 0 saturated carbocycles. The van der Waals surface area contributed by atoms with E-state index in [4.69, 9.17) is 4.98 Å². The number of hydrogen-bond donors (Lipinski definition) is 1. The minimum absolute atomic E-state index is 0.0242. The van der Waals surface area contributed by atoms with E-state index in [1.165, 1.54) is 33.3 Å². The van der Waals surface area contributed by atoms with E-state index >= 15 is 0 Å². The lowest BCUT2D eigenvalue weighted by Crippen LogP contribution is -2.38. The SMILES string of the molecule is CCC1(CC)CCc2cccc3cc(C(C)(C)C)c(nc23)-c2ccccc2N1. The summed E-state index contributed by atoms with van der Waals surface area (Å²) in [6.07, 6.45) is 4.39. The summed E-state index contributed by atoms with van der Waals surface area (Å²) in [5.41, 5.74) is 7.53. The molecular formula is C26H32N2. The van der Waals surface area contributed by atoms with Gasteiger partial charge in [0.1, 0.15) is 0 Å². The van der Waals surface area contributed by atoms with Crippen LogP contribution in [0.4, 0.5) is 5.69 Å². The number of nitrogens with zero attached hydrogens (tertiary/aromatic N) is 1. The number of aromatic nitrogens is 1. The molecule has 0 amide bonds. The van der Waals surface area contributed by atoms with Gasteiger partial charge in [0.25, 0.3) is 0 Å². The van der Waals surface area contributed by atoms with Crippen molar-refractivity contribution in [3.8, 4) is 11.3 Å². The maximum atomic E-state index is 5.28. The minimum Gasteiger partial charge on any atom is -0.379 e. The summed E-state index contributed by atoms with van der Waals surface area (Å²) < 4.78 is 0. The summed E-state index contributed by atoms with van der Waals surface area (Å²) in [7, 11) is 0. The van der Waals surface area contributed by atoms with Crippen LogP contribution in [0.2, 0.25) is 0 Å². The van der Waals surface area contributed by atoms with Gasteiger partial charge in [0, 0.05) is 22.2 Å². The molecule has 1 N–H and O–H groups in total. The second-order valence-electron chi connectivity index (χ2n) is 9.28. The van der Waals surface area contributed by atoms with Crippen molar-refractivity contribution in [3.63, 3.8) is 0 Å². The van der Waals surface area contributed by atoms with Gasteiger partial charge in [0.05, 0.1) is 11.2 Å². The zero-order valence-electron chi connectivity index (χ0n) is 17.9. The van der Waals surface area contributed by atoms with Gasteiger partial charge in [-0.25, -0.2) is 4.98 Å². The number of pyridine rings is 1. The van der Waals surface area contributed by atoms with Crippen molar-refractivity contribution in [1.29, 1.82) is 0 Å². The zero-order chi connectivity index (χ0) is 19.9. The van der Waals surface area contributed by atoms with E-state index in [9.17, 15) is 0 Å². The van der Waals surface area contributed by atoms with Gasteiger partial charge in [-0.05, 0) is 54.4 Å². The largest absolute Gasteiger partial charge is 0.379 e. The molecule has 28 heavy (non-hydrogen) atoms. The molecule has 0 atom stereocenters. The van der Waals surface area contributed by atoms with Crippen molar-refractivity contribution in [2.45, 2.75) is 71.3 Å². The molecule has 0 spiro atoms. The molecule has 0 fully saturated rings. The van der Waals surface area contributed by atoms with Gasteiger partial charge in [0.2, 0.25) is 0 Å². The van der Waals surface area contributed by atoms with Crippen LogP contribution in [0.15, 0.2) is 48.5 Å². The highest BCUT2D eigenvalue weighted by Gasteiger charge is 2.30. The summed E-state index contributed by atoms with van der Waals surface area (Å²) in [6.45, 7) is 11.5. The van der Waals surface area contributed by atoms with Crippen molar-refractivity contribution in [2.24, 2.45) is 0 Å². The summed E-state index contributed by atoms with van der Waals surface area (Å²) >= 11 is 0. The van der Waals surface area contributed by atoms with E-state index < -0.39 is 0 Å². The molecule has 2 nitrogen and oxygen atoms in total. The van der Waals surface area contributed by atoms with Gasteiger partial charge in [-0.2, -0.15) is 0 Å². The third kappa shape index (κ3) is 3.19. The maximum absolute atomic E-state index is 5.28. The Bertz CT molecular complexity index is 1010. The van der Waals surface area contributed by atoms with E-state index in [1.54, 1.807) is 0 Å². The first-order chi connectivity index (χ1) is 13.4. The van der Waals surface area contributed by atoms with Gasteiger partial charge in [-0.15, -0.1) is 0 Å². The molecule has 0 radical (unpaired) electrons. The van der Waals surface area contributed by atoms with Gasteiger partial charge in [0.15, 0.2) is 0 Å². The van der Waals surface area contributed by atoms with Crippen LogP contribution in [0.1, 0.15) is 65.0 Å². The number of rotatable bonds is 2. The fourth-order valence-corrected chi connectivity index (χ4v) is 4.54. The second kappa shape index (κ2) is 6.92. The second-order valence-corrected chi connectivity index (χ2v) is 9.28. The number of benzene rings is 2. The molecule has 2 heteroatoms. The lowest BCUT2D eigenvalue weighted by Gasteiger charge is -2.36. The molecule has 0 aliphatic carbocycles. The molecular weight excluding hydrogens is 340 g/mol. The standard InChI is InChI=1S/C26H32N2/c1-6-26(7-2)16-15-18-11-10-12-19-17-21(25(3,4)5)24(27-23(18)19)20-13-8-9-14-22(20)28-26/h8-14,17,28H,6-7,15-16H2,1-5H3. The number of nitrogens with one attached hydrogen (secondary N) is 1. The Labute approximate surface area is 169 Å². The van der Waals surface area contributed by atoms with Gasteiger partial charge in [-0.1, -0.05) is 71.0 Å². The predicted octanol–water partition coefficient (Wildman–Crippen LogP) is 7.12. The first kappa shape index (κ1) is 19.0. The molecule has 146 valence electrons. The van der Waals surface area contributed by atoms with Crippen molar-refractivity contribution >= 4 is 16.6 Å². The Morgan fingerprint density at radius 1 is 1.00 bits per heavy atom. The molecule has 1 aromatic heterocycles. The molecule has 1 aliphatic rings. The van der Waals surface area contributed by atoms with Crippen molar-refractivity contribution < 1.29 is 0 Å². The minimum atomic E-state index is 0.0242. The predicted molar refractivity (Wildman–Crippen MR) is 121 cm³/mol. The molecule has 0 unspecified atom stereocenters. The molecule has 0 saturated heterocycles. The van der Waals surface area contributed by atoms with Crippen LogP contribution in [0.5, 0.6) is 0 Å². The normalized spacial score (nSPS) is 15.9. The molecule has 2 heterocycles. The van der Waals surface area contributed by atoms with Crippen molar-refractivity contribution in [2.75, 3.05) is 5.32 Å². The van der Waals surface area contributed by atoms with Crippen LogP contribution < -0.4 is 5.32 Å². The Kier molecular flexibility index (Phi) is 4.69. The highest BCUT2D eigenvalue weighted by Crippen LogP contribution is 2.40. The fourth-order valence-electron chi connectivity index (χ4n) is 4.54. The third-order valence-corrected chi connectivity index (χ3v) is 6.55. The highest BCUT2D eigenvalue weighted by atomic mass is 15.0. The average molecular weight is 373 g/mol. The Balaban J connectivity index is 2.08. The van der Waals surface area contributed by atoms with Crippen LogP contribution >= 0.6 is 0 Å². The smallest absolute Gasteiger partial charge is 0.0767 e. The van der Waals surface area contributed by atoms with Crippen molar-refractivity contribution in [1.82, 2.24) is 4.98 Å². The van der Waals surface area contributed by atoms with Crippen LogP contribution in [0.3, 0.4) is 0 Å². The molecule has 1 aliphatic heterocycles. The van der Waals surface area contributed by atoms with Crippen LogP contribution in [0.25, 0.3) is 22.2 Å². The van der Waals surface area contributed by atoms with E-state index in [1.807, 2.05) is 0 Å². The summed E-state index contributed by atoms with van der Waals surface area (Å²) in [5, 5.41) is 5.22. The summed E-state index contributed by atoms with van der Waals surface area (Å²) in [5.74, 6) is 0. The van der Waals surface area contributed by atoms with E-state index in [-0.39, 0.29) is 11.0 Å². The van der Waals surface area contributed by atoms with Crippen LogP contribution in [-0.4, -0.2) is 10.5 Å². The number of fused-ring (bicyclic) bond motifs is 3. The number of para-hydroxylation sites is 2. The highest BCUT2D eigenvalue weighted by molar-refractivity contribution is 5.89. The molecule has 2 bridgehead atoms. The summed E-state index contributed by atoms with van der Waals surface area (Å²) in [4.78, 5) is 5.28. The average Bonchev–Trinajstić information content (AvgIpc) is 2.70. The first-order valence-corrected chi connectivity index (χ1v) is 10.7. The molecule has 3 aromatic rings. The van der Waals surface area contributed by atoms with E-state index in [2.05, 4.69) is 88.5 Å². The third-order valence-electron chi connectivity index (χ3n) is 6.55. The summed E-state index contributed by atoms with van der Waals surface area (Å²) in [6, 6.07) is 17.8. The Hall–Kier alpha value is -2.35. The van der Waals surface area contributed by atoms with Gasteiger partial charge < -0.3 is 5.32 Å². The molecule has 2 aromatic carbocycles. The lowest BCUT2D eigenvalue weighted by atomic mass is 9.81. The molecule has 4 rings (SSSR count). The fraction of sp³-hybridized carbons (Fsp3) is 0.423. The van der Waals surface area contributed by atoms with Gasteiger partial charge >= 0.3 is 0 Å². The lowest BCUT2D eigenvalue weighted by molar-refractivity contribution is 0.403. The van der Waals surface area contributed by atoms with E-state index in [0.29, 0.717) is 0 Å². The number of hydrogen-bond acceptors (Lipinski definition) is 2. The van der Waals surface area contributed by atoms with Gasteiger partial charge in [-0.3, -0.25) is 0 Å². The van der Waals surface area contributed by atoms with Crippen LogP contribution in [-0.2, 0) is 11.8 Å². The quantitative estimate of drug-likeness (QED) is 0.518. The zero-order valence-corrected chi connectivity index (χ0v) is 17.9. The Morgan fingerprint density at radius 2 is 1.75 bits per heavy atom. The number of anilines is 1. The number of aryl methyl sites for hydroxylation is 1. The van der Waals surface area contributed by atoms with Crippen molar-refractivity contribution in [3.05, 3.63) is 59.7 Å².